The summed E-state index contributed by atoms with van der Waals surface area (Å²) in [6.07, 6.45) is 7.40. The normalized spacial score (nSPS) is 26.1. The number of halogens is 2. The Hall–Kier alpha value is -1.47. The van der Waals surface area contributed by atoms with Gasteiger partial charge in [-0.3, -0.25) is 4.72 Å². The highest BCUT2D eigenvalue weighted by molar-refractivity contribution is 7.92. The molecule has 8 heteroatoms. The third-order valence-electron chi connectivity index (χ3n) is 6.89. The van der Waals surface area contributed by atoms with E-state index in [0.717, 1.165) is 24.3 Å². The number of nitrogens with one attached hydrogen (secondary N) is 2. The Balaban J connectivity index is 1.43. The third-order valence-corrected chi connectivity index (χ3v) is 9.01. The minimum atomic E-state index is -3.77. The topological polar surface area (TPSA) is 67.4 Å². The molecule has 2 aliphatic heterocycles. The van der Waals surface area contributed by atoms with Gasteiger partial charge in [0.25, 0.3) is 10.0 Å². The minimum Gasteiger partial charge on any atom is -0.381 e. The van der Waals surface area contributed by atoms with Gasteiger partial charge in [-0.15, -0.1) is 0 Å². The van der Waals surface area contributed by atoms with Crippen molar-refractivity contribution in [3.8, 4) is 0 Å². The zero-order chi connectivity index (χ0) is 21.6. The molecule has 1 saturated heterocycles. The van der Waals surface area contributed by atoms with Gasteiger partial charge in [0.1, 0.15) is 0 Å². The standard InChI is InChI=1S/C23H26Cl2N2O3S/c24-19-8-6-15(12-20(19)25)27-31(28,29)16-7-9-21-18(13-16)23-17(10-11-30-23)22(26-21)14-4-2-1-3-5-14/h6-9,12-14,17,22-23,26-27H,1-5,10-11H2/t17-,22-,23?/m0/s1. The molecule has 166 valence electrons. The SMILES string of the molecule is O=S(=O)(Nc1ccc(Cl)c(Cl)c1)c1ccc2c(c1)C1OCC[C@H]1[C@H](C1CCCCC1)N2. The van der Waals surface area contributed by atoms with Gasteiger partial charge in [0.15, 0.2) is 0 Å². The van der Waals surface area contributed by atoms with Crippen LogP contribution in [0.4, 0.5) is 11.4 Å². The van der Waals surface area contributed by atoms with Crippen LogP contribution in [0, 0.1) is 11.8 Å². The molecule has 5 nitrogen and oxygen atoms in total. The van der Waals surface area contributed by atoms with Crippen LogP contribution in [0.1, 0.15) is 50.2 Å². The number of benzene rings is 2. The van der Waals surface area contributed by atoms with Crippen LogP contribution in [-0.4, -0.2) is 21.1 Å². The molecule has 0 amide bonds. The number of ether oxygens (including phenoxy) is 1. The second-order valence-electron chi connectivity index (χ2n) is 8.80. The van der Waals surface area contributed by atoms with Crippen molar-refractivity contribution in [1.29, 1.82) is 0 Å². The molecule has 3 atom stereocenters. The lowest BCUT2D eigenvalue weighted by molar-refractivity contribution is 0.0730. The van der Waals surface area contributed by atoms with Crippen LogP contribution in [0.15, 0.2) is 41.3 Å². The van der Waals surface area contributed by atoms with Gasteiger partial charge in [-0.25, -0.2) is 8.42 Å². The zero-order valence-corrected chi connectivity index (χ0v) is 19.4. The van der Waals surface area contributed by atoms with E-state index in [1.165, 1.54) is 38.2 Å². The fourth-order valence-corrected chi connectivity index (χ4v) is 6.77. The van der Waals surface area contributed by atoms with E-state index in [1.54, 1.807) is 24.3 Å². The molecule has 1 aliphatic carbocycles. The largest absolute Gasteiger partial charge is 0.381 e. The third kappa shape index (κ3) is 4.15. The van der Waals surface area contributed by atoms with Gasteiger partial charge in [-0.2, -0.15) is 0 Å². The van der Waals surface area contributed by atoms with Gasteiger partial charge < -0.3 is 10.1 Å². The molecule has 0 aromatic heterocycles. The van der Waals surface area contributed by atoms with Crippen molar-refractivity contribution in [2.45, 2.75) is 55.6 Å². The molecule has 0 spiro atoms. The first-order valence-electron chi connectivity index (χ1n) is 10.9. The second kappa shape index (κ2) is 8.47. The smallest absolute Gasteiger partial charge is 0.261 e. The highest BCUT2D eigenvalue weighted by atomic mass is 35.5. The molecule has 5 rings (SSSR count). The summed E-state index contributed by atoms with van der Waals surface area (Å²) in [4.78, 5) is 0.212. The molecule has 1 saturated carbocycles. The Morgan fingerprint density at radius 3 is 2.55 bits per heavy atom. The van der Waals surface area contributed by atoms with E-state index in [1.807, 2.05) is 6.07 Å². The molecule has 0 bridgehead atoms. The van der Waals surface area contributed by atoms with Crippen LogP contribution in [0.5, 0.6) is 0 Å². The molecule has 2 fully saturated rings. The highest BCUT2D eigenvalue weighted by Crippen LogP contribution is 2.48. The molecule has 31 heavy (non-hydrogen) atoms. The van der Waals surface area contributed by atoms with Crippen molar-refractivity contribution < 1.29 is 13.2 Å². The van der Waals surface area contributed by atoms with Gasteiger partial charge in [0, 0.05) is 29.8 Å². The van der Waals surface area contributed by atoms with E-state index < -0.39 is 10.0 Å². The predicted octanol–water partition coefficient (Wildman–Crippen LogP) is 6.25. The number of rotatable bonds is 4. The molecular formula is C23H26Cl2N2O3S. The van der Waals surface area contributed by atoms with Crippen LogP contribution in [0.25, 0.3) is 0 Å². The van der Waals surface area contributed by atoms with Crippen molar-refractivity contribution in [3.63, 3.8) is 0 Å². The van der Waals surface area contributed by atoms with E-state index in [-0.39, 0.29) is 11.0 Å². The Bertz CT molecular complexity index is 1090. The molecular weight excluding hydrogens is 455 g/mol. The average molecular weight is 481 g/mol. The van der Waals surface area contributed by atoms with E-state index in [4.69, 9.17) is 27.9 Å². The van der Waals surface area contributed by atoms with E-state index >= 15 is 0 Å². The maximum Gasteiger partial charge on any atom is 0.261 e. The summed E-state index contributed by atoms with van der Waals surface area (Å²) in [5, 5.41) is 4.43. The lowest BCUT2D eigenvalue weighted by atomic mass is 9.73. The Labute approximate surface area is 193 Å². The van der Waals surface area contributed by atoms with Crippen molar-refractivity contribution in [2.24, 2.45) is 11.8 Å². The van der Waals surface area contributed by atoms with Crippen LogP contribution >= 0.6 is 23.2 Å². The fourth-order valence-electron chi connectivity index (χ4n) is 5.39. The summed E-state index contributed by atoms with van der Waals surface area (Å²) < 4.78 is 34.8. The van der Waals surface area contributed by atoms with E-state index in [0.29, 0.717) is 33.6 Å². The van der Waals surface area contributed by atoms with Gasteiger partial charge in [-0.05, 0) is 61.6 Å². The summed E-state index contributed by atoms with van der Waals surface area (Å²) in [5.41, 5.74) is 2.30. The molecule has 0 radical (unpaired) electrons. The van der Waals surface area contributed by atoms with Crippen LogP contribution < -0.4 is 10.0 Å². The number of hydrogen-bond acceptors (Lipinski definition) is 4. The van der Waals surface area contributed by atoms with Gasteiger partial charge in [0.2, 0.25) is 0 Å². The predicted molar refractivity (Wildman–Crippen MR) is 124 cm³/mol. The Kier molecular flexibility index (Phi) is 5.84. The molecule has 2 N–H and O–H groups in total. The van der Waals surface area contributed by atoms with Crippen molar-refractivity contribution in [3.05, 3.63) is 52.0 Å². The van der Waals surface area contributed by atoms with Crippen LogP contribution in [0.2, 0.25) is 10.0 Å². The van der Waals surface area contributed by atoms with Crippen molar-refractivity contribution >= 4 is 44.6 Å². The fraction of sp³-hybridized carbons (Fsp3) is 0.478. The van der Waals surface area contributed by atoms with E-state index in [2.05, 4.69) is 10.0 Å². The van der Waals surface area contributed by atoms with Gasteiger partial charge in [0.05, 0.1) is 26.7 Å². The molecule has 2 aromatic carbocycles. The second-order valence-corrected chi connectivity index (χ2v) is 11.3. The lowest BCUT2D eigenvalue weighted by Gasteiger charge is -2.42. The zero-order valence-electron chi connectivity index (χ0n) is 17.1. The molecule has 3 aliphatic rings. The van der Waals surface area contributed by atoms with Gasteiger partial charge >= 0.3 is 0 Å². The molecule has 1 unspecified atom stereocenters. The van der Waals surface area contributed by atoms with Crippen molar-refractivity contribution in [2.75, 3.05) is 16.6 Å². The quantitative estimate of drug-likeness (QED) is 0.542. The Morgan fingerprint density at radius 1 is 0.968 bits per heavy atom. The highest BCUT2D eigenvalue weighted by Gasteiger charge is 2.44. The monoisotopic (exact) mass is 480 g/mol. The maximum atomic E-state index is 13.0. The lowest BCUT2D eigenvalue weighted by Crippen LogP contribution is -2.42. The summed E-state index contributed by atoms with van der Waals surface area (Å²) >= 11 is 12.0. The summed E-state index contributed by atoms with van der Waals surface area (Å²) in [7, 11) is -3.77. The number of hydrogen-bond donors (Lipinski definition) is 2. The first kappa shape index (κ1) is 21.4. The summed E-state index contributed by atoms with van der Waals surface area (Å²) in [6, 6.07) is 10.4. The molecule has 2 heterocycles. The summed E-state index contributed by atoms with van der Waals surface area (Å²) in [5.74, 6) is 1.05. The van der Waals surface area contributed by atoms with E-state index in [9.17, 15) is 8.42 Å². The van der Waals surface area contributed by atoms with Gasteiger partial charge in [-0.1, -0.05) is 42.5 Å². The number of sulfonamides is 1. The minimum absolute atomic E-state index is 0.0525. The van der Waals surface area contributed by atoms with Crippen LogP contribution in [-0.2, 0) is 14.8 Å². The maximum absolute atomic E-state index is 13.0. The molecule has 2 aromatic rings. The van der Waals surface area contributed by atoms with Crippen molar-refractivity contribution in [1.82, 2.24) is 0 Å². The Morgan fingerprint density at radius 2 is 1.77 bits per heavy atom. The first-order valence-corrected chi connectivity index (χ1v) is 13.2. The van der Waals surface area contributed by atoms with Crippen LogP contribution in [0.3, 0.4) is 0 Å². The number of fused-ring (bicyclic) bond motifs is 3. The first-order chi connectivity index (χ1) is 14.9. The summed E-state index contributed by atoms with van der Waals surface area (Å²) in [6.45, 7) is 0.720. The number of anilines is 2. The average Bonchev–Trinajstić information content (AvgIpc) is 3.26.